The van der Waals surface area contributed by atoms with Crippen molar-refractivity contribution in [2.45, 2.75) is 13.3 Å². The Hall–Kier alpha value is -1.56. The van der Waals surface area contributed by atoms with Crippen molar-refractivity contribution >= 4 is 0 Å². The summed E-state index contributed by atoms with van der Waals surface area (Å²) in [7, 11) is 0. The van der Waals surface area contributed by atoms with E-state index in [1.54, 1.807) is 0 Å². The fourth-order valence-corrected chi connectivity index (χ4v) is 1.65. The van der Waals surface area contributed by atoms with Gasteiger partial charge in [-0.05, 0) is 30.9 Å². The van der Waals surface area contributed by atoms with Crippen molar-refractivity contribution in [3.63, 3.8) is 0 Å². The molecule has 0 N–H and O–H groups in total. The van der Waals surface area contributed by atoms with Crippen LogP contribution in [0.2, 0.25) is 0 Å². The molecule has 75 valence electrons. The van der Waals surface area contributed by atoms with Crippen LogP contribution < -0.4 is 0 Å². The average molecular weight is 195 g/mol. The maximum atomic E-state index is 2.27. The van der Waals surface area contributed by atoms with Crippen LogP contribution in [0.5, 0.6) is 0 Å². The molecular weight excluding hydrogens is 180 g/mol. The Morgan fingerprint density at radius 2 is 1.73 bits per heavy atom. The van der Waals surface area contributed by atoms with Gasteiger partial charge in [0.05, 0.1) is 0 Å². The summed E-state index contributed by atoms with van der Waals surface area (Å²) in [4.78, 5) is 0. The number of hydrogen-bond acceptors (Lipinski definition) is 0. The maximum absolute atomic E-state index is 2.27. The van der Waals surface area contributed by atoms with E-state index in [0.717, 1.165) is 6.42 Å². The summed E-state index contributed by atoms with van der Waals surface area (Å²) in [6.07, 6.45) is 3.27. The van der Waals surface area contributed by atoms with Gasteiger partial charge in [0.15, 0.2) is 0 Å². The van der Waals surface area contributed by atoms with Gasteiger partial charge in [-0.2, -0.15) is 0 Å². The highest BCUT2D eigenvalue weighted by atomic mass is 14.0. The summed E-state index contributed by atoms with van der Waals surface area (Å²) in [5, 5.41) is 0. The molecule has 0 aromatic heterocycles. The molecule has 0 unspecified atom stereocenters. The second-order valence-corrected chi connectivity index (χ2v) is 3.81. The van der Waals surface area contributed by atoms with Gasteiger partial charge < -0.3 is 0 Å². The second-order valence-electron chi connectivity index (χ2n) is 3.81. The standard InChI is InChI=1S/C15H15/c1-13-6-5-9-15(12-13)11-10-14-7-3-2-4-8-14/h2-9,11-12H,10H2,1H3. The van der Waals surface area contributed by atoms with E-state index in [9.17, 15) is 0 Å². The van der Waals surface area contributed by atoms with Crippen molar-refractivity contribution in [2.24, 2.45) is 0 Å². The molecule has 0 spiro atoms. The van der Waals surface area contributed by atoms with Crippen LogP contribution >= 0.6 is 0 Å². The quantitative estimate of drug-likeness (QED) is 0.699. The zero-order valence-electron chi connectivity index (χ0n) is 8.98. The van der Waals surface area contributed by atoms with Gasteiger partial charge >= 0.3 is 0 Å². The van der Waals surface area contributed by atoms with Crippen LogP contribution in [-0.2, 0) is 6.42 Å². The summed E-state index contributed by atoms with van der Waals surface area (Å²) in [5.41, 5.74) is 3.98. The predicted molar refractivity (Wildman–Crippen MR) is 64.7 cm³/mol. The Kier molecular flexibility index (Phi) is 3.18. The zero-order chi connectivity index (χ0) is 10.5. The molecule has 0 bridgehead atoms. The fraction of sp³-hybridized carbons (Fsp3) is 0.133. The molecule has 0 saturated carbocycles. The number of benzene rings is 2. The molecule has 0 amide bonds. The lowest BCUT2D eigenvalue weighted by Gasteiger charge is -2.02. The highest BCUT2D eigenvalue weighted by Gasteiger charge is 1.95. The average Bonchev–Trinajstić information content (AvgIpc) is 2.28. The van der Waals surface area contributed by atoms with E-state index in [2.05, 4.69) is 67.9 Å². The fourth-order valence-electron chi connectivity index (χ4n) is 1.65. The Morgan fingerprint density at radius 1 is 0.933 bits per heavy atom. The molecule has 0 saturated heterocycles. The van der Waals surface area contributed by atoms with Crippen LogP contribution in [0.1, 0.15) is 16.7 Å². The third-order valence-electron chi connectivity index (χ3n) is 2.46. The molecule has 2 aromatic carbocycles. The minimum atomic E-state index is 1.00. The van der Waals surface area contributed by atoms with Crippen molar-refractivity contribution < 1.29 is 0 Å². The van der Waals surface area contributed by atoms with Gasteiger partial charge in [0.2, 0.25) is 0 Å². The third-order valence-corrected chi connectivity index (χ3v) is 2.46. The van der Waals surface area contributed by atoms with Crippen molar-refractivity contribution in [3.8, 4) is 0 Å². The van der Waals surface area contributed by atoms with Gasteiger partial charge in [0, 0.05) is 0 Å². The molecule has 0 aliphatic carbocycles. The normalized spacial score (nSPS) is 10.2. The van der Waals surface area contributed by atoms with Gasteiger partial charge in [-0.1, -0.05) is 60.2 Å². The van der Waals surface area contributed by atoms with E-state index in [1.807, 2.05) is 0 Å². The van der Waals surface area contributed by atoms with Crippen LogP contribution in [0.25, 0.3) is 0 Å². The molecule has 0 atom stereocenters. The van der Waals surface area contributed by atoms with Crippen molar-refractivity contribution in [1.82, 2.24) is 0 Å². The molecule has 0 aliphatic rings. The maximum Gasteiger partial charge on any atom is -0.00493 e. The van der Waals surface area contributed by atoms with Gasteiger partial charge in [-0.15, -0.1) is 0 Å². The Bertz CT molecular complexity index is 415. The number of hydrogen-bond donors (Lipinski definition) is 0. The van der Waals surface area contributed by atoms with Gasteiger partial charge in [-0.25, -0.2) is 0 Å². The van der Waals surface area contributed by atoms with Gasteiger partial charge in [-0.3, -0.25) is 0 Å². The van der Waals surface area contributed by atoms with E-state index in [1.165, 1.54) is 16.7 Å². The first-order chi connectivity index (χ1) is 7.34. The first kappa shape index (κ1) is 9.97. The Balaban J connectivity index is 1.99. The van der Waals surface area contributed by atoms with E-state index in [-0.39, 0.29) is 0 Å². The van der Waals surface area contributed by atoms with Crippen LogP contribution in [0.3, 0.4) is 0 Å². The summed E-state index contributed by atoms with van der Waals surface area (Å²) in [6.45, 7) is 2.12. The molecule has 15 heavy (non-hydrogen) atoms. The summed E-state index contributed by atoms with van der Waals surface area (Å²) < 4.78 is 0. The predicted octanol–water partition coefficient (Wildman–Crippen LogP) is 3.79. The molecule has 0 heterocycles. The first-order valence-corrected chi connectivity index (χ1v) is 5.28. The number of rotatable bonds is 3. The largest absolute Gasteiger partial charge is 0.0622 e. The highest BCUT2D eigenvalue weighted by molar-refractivity contribution is 5.30. The molecule has 2 aromatic rings. The molecule has 0 fully saturated rings. The van der Waals surface area contributed by atoms with Crippen molar-refractivity contribution in [3.05, 3.63) is 77.7 Å². The first-order valence-electron chi connectivity index (χ1n) is 5.28. The minimum Gasteiger partial charge on any atom is -0.0622 e. The Morgan fingerprint density at radius 3 is 2.47 bits per heavy atom. The molecular formula is C15H15. The smallest absolute Gasteiger partial charge is 0.00493 e. The van der Waals surface area contributed by atoms with E-state index in [0.29, 0.717) is 0 Å². The molecule has 0 aliphatic heterocycles. The van der Waals surface area contributed by atoms with E-state index < -0.39 is 0 Å². The van der Waals surface area contributed by atoms with Crippen LogP contribution in [0.4, 0.5) is 0 Å². The lowest BCUT2D eigenvalue weighted by molar-refractivity contribution is 1.16. The number of aryl methyl sites for hydroxylation is 1. The van der Waals surface area contributed by atoms with Crippen LogP contribution in [-0.4, -0.2) is 0 Å². The monoisotopic (exact) mass is 195 g/mol. The van der Waals surface area contributed by atoms with Gasteiger partial charge in [0.25, 0.3) is 0 Å². The topological polar surface area (TPSA) is 0 Å². The van der Waals surface area contributed by atoms with Crippen LogP contribution in [0.15, 0.2) is 54.6 Å². The van der Waals surface area contributed by atoms with Crippen molar-refractivity contribution in [2.75, 3.05) is 0 Å². The zero-order valence-corrected chi connectivity index (χ0v) is 8.98. The summed E-state index contributed by atoms with van der Waals surface area (Å²) in [5.74, 6) is 0. The van der Waals surface area contributed by atoms with Gasteiger partial charge in [0.1, 0.15) is 0 Å². The minimum absolute atomic E-state index is 1.00. The second kappa shape index (κ2) is 4.79. The van der Waals surface area contributed by atoms with Crippen molar-refractivity contribution in [1.29, 1.82) is 0 Å². The highest BCUT2D eigenvalue weighted by Crippen LogP contribution is 2.10. The van der Waals surface area contributed by atoms with E-state index >= 15 is 0 Å². The Labute approximate surface area is 91.6 Å². The third kappa shape index (κ3) is 2.95. The molecule has 0 nitrogen and oxygen atoms in total. The molecule has 1 radical (unpaired) electrons. The lowest BCUT2D eigenvalue weighted by atomic mass is 10.0. The van der Waals surface area contributed by atoms with E-state index in [4.69, 9.17) is 0 Å². The SMILES string of the molecule is Cc1cccc([CH]Cc2ccccc2)c1. The lowest BCUT2D eigenvalue weighted by Crippen LogP contribution is -1.88. The summed E-state index contributed by atoms with van der Waals surface area (Å²) >= 11 is 0. The molecule has 2 rings (SSSR count). The summed E-state index contributed by atoms with van der Waals surface area (Å²) in [6, 6.07) is 19.1. The molecule has 0 heteroatoms. The van der Waals surface area contributed by atoms with Crippen LogP contribution in [0, 0.1) is 13.3 Å².